The van der Waals surface area contributed by atoms with Crippen molar-refractivity contribution in [3.8, 4) is 22.5 Å². The SMILES string of the molecule is O=C(Cn1cnc(-c2ccc(Cl)cc2)c1-c1ccncc1)NC1CCOC1. The molecule has 1 atom stereocenters. The molecule has 27 heavy (non-hydrogen) atoms. The molecule has 7 heteroatoms. The molecule has 2 aromatic heterocycles. The van der Waals surface area contributed by atoms with Crippen LogP contribution >= 0.6 is 11.6 Å². The Morgan fingerprint density at radius 2 is 1.96 bits per heavy atom. The normalized spacial score (nSPS) is 16.4. The Bertz CT molecular complexity index is 919. The van der Waals surface area contributed by atoms with Crippen molar-refractivity contribution in [1.82, 2.24) is 19.9 Å². The lowest BCUT2D eigenvalue weighted by Crippen LogP contribution is -2.37. The predicted octanol–water partition coefficient (Wildman–Crippen LogP) is 3.17. The third-order valence-electron chi connectivity index (χ3n) is 4.52. The van der Waals surface area contributed by atoms with Gasteiger partial charge in [-0.15, -0.1) is 0 Å². The van der Waals surface area contributed by atoms with E-state index in [1.807, 2.05) is 41.0 Å². The molecule has 1 fully saturated rings. The first-order chi connectivity index (χ1) is 13.2. The zero-order chi connectivity index (χ0) is 18.6. The molecule has 6 nitrogen and oxygen atoms in total. The van der Waals surface area contributed by atoms with Crippen LogP contribution in [-0.4, -0.2) is 39.7 Å². The average molecular weight is 383 g/mol. The summed E-state index contributed by atoms with van der Waals surface area (Å²) in [6, 6.07) is 11.4. The Hall–Kier alpha value is -2.70. The monoisotopic (exact) mass is 382 g/mol. The Morgan fingerprint density at radius 1 is 1.19 bits per heavy atom. The van der Waals surface area contributed by atoms with E-state index < -0.39 is 0 Å². The topological polar surface area (TPSA) is 69.0 Å². The first-order valence-electron chi connectivity index (χ1n) is 8.79. The molecule has 3 aromatic rings. The van der Waals surface area contributed by atoms with Crippen molar-refractivity contribution in [2.75, 3.05) is 13.2 Å². The Morgan fingerprint density at radius 3 is 2.67 bits per heavy atom. The summed E-state index contributed by atoms with van der Waals surface area (Å²) in [6.45, 7) is 1.46. The van der Waals surface area contributed by atoms with E-state index in [0.717, 1.165) is 28.9 Å². The maximum absolute atomic E-state index is 12.5. The fourth-order valence-corrected chi connectivity index (χ4v) is 3.34. The number of aromatic nitrogens is 3. The number of pyridine rings is 1. The van der Waals surface area contributed by atoms with Crippen molar-refractivity contribution >= 4 is 17.5 Å². The van der Waals surface area contributed by atoms with Crippen molar-refractivity contribution in [1.29, 1.82) is 0 Å². The third kappa shape index (κ3) is 4.02. The van der Waals surface area contributed by atoms with Gasteiger partial charge in [-0.1, -0.05) is 23.7 Å². The van der Waals surface area contributed by atoms with Crippen LogP contribution < -0.4 is 5.32 Å². The van der Waals surface area contributed by atoms with Crippen LogP contribution in [0.5, 0.6) is 0 Å². The number of carbonyl (C=O) groups excluding carboxylic acids is 1. The van der Waals surface area contributed by atoms with Crippen molar-refractivity contribution in [2.45, 2.75) is 19.0 Å². The summed E-state index contributed by atoms with van der Waals surface area (Å²) < 4.78 is 7.19. The highest BCUT2D eigenvalue weighted by Gasteiger charge is 2.20. The lowest BCUT2D eigenvalue weighted by molar-refractivity contribution is -0.122. The van der Waals surface area contributed by atoms with Crippen LogP contribution in [0.3, 0.4) is 0 Å². The van der Waals surface area contributed by atoms with Gasteiger partial charge >= 0.3 is 0 Å². The molecule has 0 aliphatic carbocycles. The van der Waals surface area contributed by atoms with Gasteiger partial charge in [0.1, 0.15) is 6.54 Å². The summed E-state index contributed by atoms with van der Waals surface area (Å²) >= 11 is 6.01. The van der Waals surface area contributed by atoms with Crippen LogP contribution in [-0.2, 0) is 16.1 Å². The molecule has 0 saturated carbocycles. The number of hydrogen-bond donors (Lipinski definition) is 1. The molecule has 1 N–H and O–H groups in total. The molecule has 0 radical (unpaired) electrons. The summed E-state index contributed by atoms with van der Waals surface area (Å²) in [7, 11) is 0. The fraction of sp³-hybridized carbons (Fsp3) is 0.250. The van der Waals surface area contributed by atoms with Gasteiger partial charge in [0.15, 0.2) is 0 Å². The van der Waals surface area contributed by atoms with Crippen LogP contribution in [0.2, 0.25) is 5.02 Å². The second-order valence-electron chi connectivity index (χ2n) is 6.44. The van der Waals surface area contributed by atoms with Crippen molar-refractivity contribution in [2.24, 2.45) is 0 Å². The number of nitrogens with one attached hydrogen (secondary N) is 1. The maximum Gasteiger partial charge on any atom is 0.240 e. The summed E-state index contributed by atoms with van der Waals surface area (Å²) in [6.07, 6.45) is 6.01. The minimum Gasteiger partial charge on any atom is -0.379 e. The van der Waals surface area contributed by atoms with Gasteiger partial charge in [-0.25, -0.2) is 4.98 Å². The van der Waals surface area contributed by atoms with Gasteiger partial charge in [0.05, 0.1) is 30.4 Å². The molecule has 1 aromatic carbocycles. The molecule has 1 amide bonds. The molecule has 1 saturated heterocycles. The van der Waals surface area contributed by atoms with E-state index in [1.54, 1.807) is 18.7 Å². The molecule has 4 rings (SSSR count). The molecule has 1 aliphatic rings. The summed E-state index contributed by atoms with van der Waals surface area (Å²) in [5.74, 6) is -0.0548. The van der Waals surface area contributed by atoms with Gasteiger partial charge in [-0.3, -0.25) is 9.78 Å². The Kier molecular flexibility index (Phi) is 5.18. The smallest absolute Gasteiger partial charge is 0.240 e. The van der Waals surface area contributed by atoms with E-state index in [1.165, 1.54) is 0 Å². The van der Waals surface area contributed by atoms with Gasteiger partial charge in [0.25, 0.3) is 0 Å². The molecular weight excluding hydrogens is 364 g/mol. The van der Waals surface area contributed by atoms with E-state index in [4.69, 9.17) is 16.3 Å². The van der Waals surface area contributed by atoms with Crippen LogP contribution in [0.1, 0.15) is 6.42 Å². The summed E-state index contributed by atoms with van der Waals surface area (Å²) in [4.78, 5) is 21.2. The first kappa shape index (κ1) is 17.7. The largest absolute Gasteiger partial charge is 0.379 e. The van der Waals surface area contributed by atoms with E-state index in [-0.39, 0.29) is 18.5 Å². The lowest BCUT2D eigenvalue weighted by Gasteiger charge is -2.13. The second-order valence-corrected chi connectivity index (χ2v) is 6.88. The highest BCUT2D eigenvalue weighted by molar-refractivity contribution is 6.30. The van der Waals surface area contributed by atoms with Crippen LogP contribution in [0, 0.1) is 0 Å². The standard InChI is InChI=1S/C20H19ClN4O2/c21-16-3-1-14(2-4-16)19-20(15-5-8-22-9-6-15)25(13-23-19)11-18(26)24-17-7-10-27-12-17/h1-6,8-9,13,17H,7,10-12H2,(H,24,26). The Balaban J connectivity index is 1.67. The molecule has 0 bridgehead atoms. The van der Waals surface area contributed by atoms with Crippen LogP contribution in [0.25, 0.3) is 22.5 Å². The number of nitrogens with zero attached hydrogens (tertiary/aromatic N) is 3. The highest BCUT2D eigenvalue weighted by atomic mass is 35.5. The second kappa shape index (κ2) is 7.90. The van der Waals surface area contributed by atoms with Gasteiger partial charge in [0, 0.05) is 35.2 Å². The fourth-order valence-electron chi connectivity index (χ4n) is 3.21. The zero-order valence-corrected chi connectivity index (χ0v) is 15.4. The highest BCUT2D eigenvalue weighted by Crippen LogP contribution is 2.31. The Labute approximate surface area is 162 Å². The van der Waals surface area contributed by atoms with Gasteiger partial charge < -0.3 is 14.6 Å². The van der Waals surface area contributed by atoms with E-state index in [9.17, 15) is 4.79 Å². The van der Waals surface area contributed by atoms with E-state index in [2.05, 4.69) is 15.3 Å². The maximum atomic E-state index is 12.5. The third-order valence-corrected chi connectivity index (χ3v) is 4.77. The molecule has 1 aliphatic heterocycles. The quantitative estimate of drug-likeness (QED) is 0.735. The lowest BCUT2D eigenvalue weighted by atomic mass is 10.1. The van der Waals surface area contributed by atoms with E-state index >= 15 is 0 Å². The first-order valence-corrected chi connectivity index (χ1v) is 9.17. The van der Waals surface area contributed by atoms with Crippen LogP contribution in [0.15, 0.2) is 55.1 Å². The number of imidazole rings is 1. The predicted molar refractivity (Wildman–Crippen MR) is 103 cm³/mol. The minimum atomic E-state index is -0.0548. The number of halogens is 1. The number of carbonyl (C=O) groups is 1. The number of amides is 1. The number of hydrogen-bond acceptors (Lipinski definition) is 4. The van der Waals surface area contributed by atoms with E-state index in [0.29, 0.717) is 18.2 Å². The van der Waals surface area contributed by atoms with Gasteiger partial charge in [-0.2, -0.15) is 0 Å². The number of benzene rings is 1. The summed E-state index contributed by atoms with van der Waals surface area (Å²) in [5, 5.41) is 3.69. The number of rotatable bonds is 5. The van der Waals surface area contributed by atoms with Crippen molar-refractivity contribution < 1.29 is 9.53 Å². The molecule has 138 valence electrons. The van der Waals surface area contributed by atoms with Gasteiger partial charge in [0.2, 0.25) is 5.91 Å². The van der Waals surface area contributed by atoms with Gasteiger partial charge in [-0.05, 0) is 30.7 Å². The van der Waals surface area contributed by atoms with Crippen LogP contribution in [0.4, 0.5) is 0 Å². The van der Waals surface area contributed by atoms with Crippen molar-refractivity contribution in [3.05, 3.63) is 60.1 Å². The summed E-state index contributed by atoms with van der Waals surface area (Å²) in [5.41, 5.74) is 3.56. The minimum absolute atomic E-state index is 0.0548. The number of ether oxygens (including phenoxy) is 1. The molecule has 3 heterocycles. The molecule has 1 unspecified atom stereocenters. The van der Waals surface area contributed by atoms with Crippen molar-refractivity contribution in [3.63, 3.8) is 0 Å². The molecular formula is C20H19ClN4O2. The average Bonchev–Trinajstić information content (AvgIpc) is 3.33. The zero-order valence-electron chi connectivity index (χ0n) is 14.6. The molecule has 0 spiro atoms.